The highest BCUT2D eigenvalue weighted by molar-refractivity contribution is 5.96. The van der Waals surface area contributed by atoms with E-state index in [1.165, 1.54) is 14.2 Å². The zero-order chi connectivity index (χ0) is 14.3. The summed E-state index contributed by atoms with van der Waals surface area (Å²) in [7, 11) is 2.97. The summed E-state index contributed by atoms with van der Waals surface area (Å²) in [6.45, 7) is 0.259. The van der Waals surface area contributed by atoms with E-state index in [1.54, 1.807) is 24.3 Å². The average molecular weight is 267 g/mol. The first-order valence-electron chi connectivity index (χ1n) is 5.75. The van der Waals surface area contributed by atoms with Crippen LogP contribution in [0.3, 0.4) is 0 Å². The van der Waals surface area contributed by atoms with Gasteiger partial charge in [0.2, 0.25) is 0 Å². The Labute approximate surface area is 111 Å². The molecule has 0 aliphatic heterocycles. The molecule has 6 heteroatoms. The smallest absolute Gasteiger partial charge is 0.326 e. The predicted octanol–water partition coefficient (Wildman–Crippen LogP) is 0.915. The molecule has 1 atom stereocenters. The number of carbonyl (C=O) groups is 2. The molecule has 1 amide bonds. The van der Waals surface area contributed by atoms with Gasteiger partial charge in [-0.05, 0) is 18.2 Å². The van der Waals surface area contributed by atoms with Crippen molar-refractivity contribution in [3.05, 3.63) is 29.8 Å². The normalized spacial score (nSPS) is 11.7. The van der Waals surface area contributed by atoms with E-state index in [2.05, 4.69) is 5.32 Å². The molecule has 0 saturated carbocycles. The Morgan fingerprint density at radius 1 is 1.37 bits per heavy atom. The molecule has 6 nitrogen and oxygen atoms in total. The van der Waals surface area contributed by atoms with Crippen LogP contribution in [0.5, 0.6) is 5.75 Å². The fraction of sp³-hybridized carbons (Fsp3) is 0.385. The van der Waals surface area contributed by atoms with Crippen molar-refractivity contribution in [2.45, 2.75) is 12.5 Å². The highest BCUT2D eigenvalue weighted by Crippen LogP contribution is 2.12. The average Bonchev–Trinajstić information content (AvgIpc) is 2.42. The van der Waals surface area contributed by atoms with Gasteiger partial charge in [0.25, 0.3) is 5.91 Å². The third-order valence-electron chi connectivity index (χ3n) is 2.55. The molecule has 0 aliphatic rings. The molecular formula is C13H17NO5. The van der Waals surface area contributed by atoms with Gasteiger partial charge in [0.1, 0.15) is 11.8 Å². The molecule has 0 saturated heterocycles. The molecule has 19 heavy (non-hydrogen) atoms. The fourth-order valence-electron chi connectivity index (χ4n) is 1.50. The largest absolute Gasteiger partial charge is 0.497 e. The van der Waals surface area contributed by atoms with Crippen LogP contribution in [0.2, 0.25) is 0 Å². The molecule has 1 rings (SSSR count). The summed E-state index contributed by atoms with van der Waals surface area (Å²) < 4.78 is 9.82. The lowest BCUT2D eigenvalue weighted by Crippen LogP contribution is -2.41. The number of hydrogen-bond acceptors (Lipinski definition) is 4. The van der Waals surface area contributed by atoms with E-state index in [0.717, 1.165) is 0 Å². The number of amides is 1. The highest BCUT2D eigenvalue weighted by Gasteiger charge is 2.20. The summed E-state index contributed by atoms with van der Waals surface area (Å²) in [5, 5.41) is 11.4. The first-order chi connectivity index (χ1) is 9.08. The van der Waals surface area contributed by atoms with E-state index in [9.17, 15) is 9.59 Å². The zero-order valence-electron chi connectivity index (χ0n) is 10.9. The molecule has 1 aromatic carbocycles. The lowest BCUT2D eigenvalue weighted by atomic mass is 10.1. The second-order valence-electron chi connectivity index (χ2n) is 3.88. The van der Waals surface area contributed by atoms with Gasteiger partial charge in [-0.3, -0.25) is 4.79 Å². The van der Waals surface area contributed by atoms with Crippen molar-refractivity contribution in [3.8, 4) is 5.75 Å². The van der Waals surface area contributed by atoms with Crippen LogP contribution < -0.4 is 10.1 Å². The van der Waals surface area contributed by atoms with Crippen LogP contribution in [0, 0.1) is 0 Å². The molecule has 2 N–H and O–H groups in total. The minimum atomic E-state index is -1.09. The van der Waals surface area contributed by atoms with Crippen molar-refractivity contribution in [2.75, 3.05) is 20.8 Å². The summed E-state index contributed by atoms with van der Waals surface area (Å²) in [5.41, 5.74) is 0.350. The van der Waals surface area contributed by atoms with E-state index in [4.69, 9.17) is 14.6 Å². The van der Waals surface area contributed by atoms with E-state index < -0.39 is 17.9 Å². The second-order valence-corrected chi connectivity index (χ2v) is 3.88. The van der Waals surface area contributed by atoms with E-state index in [-0.39, 0.29) is 13.0 Å². The van der Waals surface area contributed by atoms with Gasteiger partial charge in [0.15, 0.2) is 0 Å². The van der Waals surface area contributed by atoms with Gasteiger partial charge in [-0.15, -0.1) is 0 Å². The summed E-state index contributed by atoms with van der Waals surface area (Å²) >= 11 is 0. The topological polar surface area (TPSA) is 84.9 Å². The van der Waals surface area contributed by atoms with Gasteiger partial charge >= 0.3 is 5.97 Å². The Kier molecular flexibility index (Phi) is 5.81. The minimum Gasteiger partial charge on any atom is -0.497 e. The van der Waals surface area contributed by atoms with Crippen LogP contribution in [0.4, 0.5) is 0 Å². The van der Waals surface area contributed by atoms with Crippen molar-refractivity contribution in [3.63, 3.8) is 0 Å². The number of carboxylic acids is 1. The SMILES string of the molecule is COCCC(NC(=O)c1cccc(OC)c1)C(=O)O. The summed E-state index contributed by atoms with van der Waals surface area (Å²) in [6, 6.07) is 5.53. The molecule has 0 aliphatic carbocycles. The van der Waals surface area contributed by atoms with Crippen molar-refractivity contribution < 1.29 is 24.2 Å². The molecule has 0 radical (unpaired) electrons. The van der Waals surface area contributed by atoms with Crippen LogP contribution in [-0.4, -0.2) is 43.9 Å². The maximum atomic E-state index is 11.9. The number of hydrogen-bond donors (Lipinski definition) is 2. The van der Waals surface area contributed by atoms with Gasteiger partial charge in [-0.1, -0.05) is 6.07 Å². The maximum absolute atomic E-state index is 11.9. The van der Waals surface area contributed by atoms with Crippen molar-refractivity contribution >= 4 is 11.9 Å². The third-order valence-corrected chi connectivity index (χ3v) is 2.55. The molecule has 0 aromatic heterocycles. The zero-order valence-corrected chi connectivity index (χ0v) is 10.9. The molecule has 1 aromatic rings. The molecule has 0 bridgehead atoms. The Hall–Kier alpha value is -2.08. The Bertz CT molecular complexity index is 446. The summed E-state index contributed by atoms with van der Waals surface area (Å²) in [4.78, 5) is 22.9. The lowest BCUT2D eigenvalue weighted by molar-refractivity contribution is -0.139. The van der Waals surface area contributed by atoms with Crippen LogP contribution in [0.15, 0.2) is 24.3 Å². The second kappa shape index (κ2) is 7.38. The standard InChI is InChI=1S/C13H17NO5/c1-18-7-6-11(13(16)17)14-12(15)9-4-3-5-10(8-9)19-2/h3-5,8,11H,6-7H2,1-2H3,(H,14,15)(H,16,17). The monoisotopic (exact) mass is 267 g/mol. The van der Waals surface area contributed by atoms with Gasteiger partial charge in [0.05, 0.1) is 7.11 Å². The van der Waals surface area contributed by atoms with Gasteiger partial charge in [0, 0.05) is 25.7 Å². The maximum Gasteiger partial charge on any atom is 0.326 e. The van der Waals surface area contributed by atoms with E-state index >= 15 is 0 Å². The highest BCUT2D eigenvalue weighted by atomic mass is 16.5. The Morgan fingerprint density at radius 2 is 2.11 bits per heavy atom. The molecular weight excluding hydrogens is 250 g/mol. The summed E-state index contributed by atoms with van der Waals surface area (Å²) in [6.07, 6.45) is 0.210. The number of benzene rings is 1. The number of aliphatic carboxylic acids is 1. The van der Waals surface area contributed by atoms with Crippen LogP contribution in [-0.2, 0) is 9.53 Å². The quantitative estimate of drug-likeness (QED) is 0.767. The first kappa shape index (κ1) is 15.0. The fourth-order valence-corrected chi connectivity index (χ4v) is 1.50. The van der Waals surface area contributed by atoms with Crippen LogP contribution in [0.1, 0.15) is 16.8 Å². The number of nitrogens with one attached hydrogen (secondary N) is 1. The van der Waals surface area contributed by atoms with Gasteiger partial charge in [-0.25, -0.2) is 4.79 Å². The van der Waals surface area contributed by atoms with E-state index in [0.29, 0.717) is 11.3 Å². The lowest BCUT2D eigenvalue weighted by Gasteiger charge is -2.14. The van der Waals surface area contributed by atoms with Gasteiger partial charge < -0.3 is 19.9 Å². The Morgan fingerprint density at radius 3 is 2.68 bits per heavy atom. The number of rotatable bonds is 7. The molecule has 1 unspecified atom stereocenters. The molecule has 104 valence electrons. The first-order valence-corrected chi connectivity index (χ1v) is 5.75. The molecule has 0 fully saturated rings. The van der Waals surface area contributed by atoms with Crippen molar-refractivity contribution in [1.82, 2.24) is 5.32 Å². The minimum absolute atomic E-state index is 0.210. The summed E-state index contributed by atoms with van der Waals surface area (Å²) in [5.74, 6) is -1.01. The van der Waals surface area contributed by atoms with Crippen LogP contribution >= 0.6 is 0 Å². The number of carbonyl (C=O) groups excluding carboxylic acids is 1. The molecule has 0 spiro atoms. The molecule has 0 heterocycles. The van der Waals surface area contributed by atoms with Gasteiger partial charge in [-0.2, -0.15) is 0 Å². The van der Waals surface area contributed by atoms with Crippen molar-refractivity contribution in [1.29, 1.82) is 0 Å². The van der Waals surface area contributed by atoms with Crippen LogP contribution in [0.25, 0.3) is 0 Å². The Balaban J connectivity index is 2.72. The van der Waals surface area contributed by atoms with Crippen molar-refractivity contribution in [2.24, 2.45) is 0 Å². The number of methoxy groups -OCH3 is 2. The predicted molar refractivity (Wildman–Crippen MR) is 68.4 cm³/mol. The number of carboxylic acid groups (broad SMARTS) is 1. The van der Waals surface area contributed by atoms with E-state index in [1.807, 2.05) is 0 Å². The third kappa shape index (κ3) is 4.59. The number of ether oxygens (including phenoxy) is 2.